The standard InChI is InChI=1S/C16H28BrN3/c1-11(2)9-20(10-12(3)4)14-8-13(17)18-15(19-14)16(5,6)7/h8,11-12H,9-10H2,1-7H3. The van der Waals surface area contributed by atoms with E-state index in [1.807, 2.05) is 6.07 Å². The molecule has 0 bridgehead atoms. The Bertz CT molecular complexity index is 426. The molecular formula is C16H28BrN3. The second kappa shape index (κ2) is 6.88. The number of nitrogens with zero attached hydrogens (tertiary/aromatic N) is 3. The predicted molar refractivity (Wildman–Crippen MR) is 90.3 cm³/mol. The van der Waals surface area contributed by atoms with Crippen molar-refractivity contribution in [1.82, 2.24) is 9.97 Å². The van der Waals surface area contributed by atoms with Gasteiger partial charge in [0, 0.05) is 24.6 Å². The van der Waals surface area contributed by atoms with E-state index in [1.54, 1.807) is 0 Å². The average Bonchev–Trinajstić information content (AvgIpc) is 2.24. The Labute approximate surface area is 132 Å². The molecule has 0 aliphatic carbocycles. The van der Waals surface area contributed by atoms with Crippen molar-refractivity contribution in [1.29, 1.82) is 0 Å². The van der Waals surface area contributed by atoms with Crippen molar-refractivity contribution in [3.8, 4) is 0 Å². The molecule has 1 aromatic heterocycles. The van der Waals surface area contributed by atoms with Gasteiger partial charge >= 0.3 is 0 Å². The third kappa shape index (κ3) is 5.39. The van der Waals surface area contributed by atoms with E-state index in [4.69, 9.17) is 4.98 Å². The van der Waals surface area contributed by atoms with Gasteiger partial charge in [-0.15, -0.1) is 0 Å². The molecule has 0 radical (unpaired) electrons. The van der Waals surface area contributed by atoms with Crippen LogP contribution in [0.4, 0.5) is 5.82 Å². The summed E-state index contributed by atoms with van der Waals surface area (Å²) in [5.41, 5.74) is -0.0418. The molecule has 0 amide bonds. The highest BCUT2D eigenvalue weighted by atomic mass is 79.9. The van der Waals surface area contributed by atoms with Crippen molar-refractivity contribution in [3.05, 3.63) is 16.5 Å². The highest BCUT2D eigenvalue weighted by Gasteiger charge is 2.21. The molecule has 0 saturated heterocycles. The summed E-state index contributed by atoms with van der Waals surface area (Å²) in [7, 11) is 0. The number of hydrogen-bond acceptors (Lipinski definition) is 3. The fourth-order valence-electron chi connectivity index (χ4n) is 2.05. The molecule has 0 aliphatic heterocycles. The quantitative estimate of drug-likeness (QED) is 0.729. The van der Waals surface area contributed by atoms with Crippen LogP contribution >= 0.6 is 15.9 Å². The first-order chi connectivity index (χ1) is 9.09. The van der Waals surface area contributed by atoms with E-state index in [-0.39, 0.29) is 5.41 Å². The summed E-state index contributed by atoms with van der Waals surface area (Å²) < 4.78 is 0.866. The molecule has 0 aromatic carbocycles. The van der Waals surface area contributed by atoms with Gasteiger partial charge in [0.1, 0.15) is 16.2 Å². The van der Waals surface area contributed by atoms with Gasteiger partial charge in [-0.25, -0.2) is 9.97 Å². The van der Waals surface area contributed by atoms with Gasteiger partial charge in [-0.1, -0.05) is 48.5 Å². The number of rotatable bonds is 5. The summed E-state index contributed by atoms with van der Waals surface area (Å²) in [5, 5.41) is 0. The van der Waals surface area contributed by atoms with Crippen LogP contribution in [0.15, 0.2) is 10.7 Å². The maximum atomic E-state index is 4.80. The highest BCUT2D eigenvalue weighted by Crippen LogP contribution is 2.25. The van der Waals surface area contributed by atoms with Crippen LogP contribution in [0, 0.1) is 11.8 Å². The SMILES string of the molecule is CC(C)CN(CC(C)C)c1cc(Br)nc(C(C)(C)C)n1. The molecule has 0 saturated carbocycles. The van der Waals surface area contributed by atoms with E-state index >= 15 is 0 Å². The van der Waals surface area contributed by atoms with Gasteiger partial charge in [-0.05, 0) is 27.8 Å². The van der Waals surface area contributed by atoms with Crippen LogP contribution in [-0.4, -0.2) is 23.1 Å². The molecule has 114 valence electrons. The van der Waals surface area contributed by atoms with E-state index in [9.17, 15) is 0 Å². The number of hydrogen-bond donors (Lipinski definition) is 0. The topological polar surface area (TPSA) is 29.0 Å². The van der Waals surface area contributed by atoms with Gasteiger partial charge in [0.15, 0.2) is 0 Å². The highest BCUT2D eigenvalue weighted by molar-refractivity contribution is 9.10. The first kappa shape index (κ1) is 17.4. The molecule has 1 aromatic rings. The molecule has 0 fully saturated rings. The maximum Gasteiger partial charge on any atom is 0.137 e. The molecular weight excluding hydrogens is 314 g/mol. The smallest absolute Gasteiger partial charge is 0.137 e. The minimum absolute atomic E-state index is 0.0418. The lowest BCUT2D eigenvalue weighted by atomic mass is 9.96. The van der Waals surface area contributed by atoms with E-state index in [1.165, 1.54) is 0 Å². The number of anilines is 1. The molecule has 20 heavy (non-hydrogen) atoms. The Morgan fingerprint density at radius 1 is 1.05 bits per heavy atom. The molecule has 0 unspecified atom stereocenters. The molecule has 3 nitrogen and oxygen atoms in total. The fraction of sp³-hybridized carbons (Fsp3) is 0.750. The van der Waals surface area contributed by atoms with E-state index < -0.39 is 0 Å². The monoisotopic (exact) mass is 341 g/mol. The van der Waals surface area contributed by atoms with Gasteiger partial charge in [0.25, 0.3) is 0 Å². The summed E-state index contributed by atoms with van der Waals surface area (Å²) in [5.74, 6) is 3.14. The van der Waals surface area contributed by atoms with Gasteiger partial charge in [-0.2, -0.15) is 0 Å². The second-order valence-electron chi connectivity index (χ2n) is 7.32. The largest absolute Gasteiger partial charge is 0.356 e. The fourth-order valence-corrected chi connectivity index (χ4v) is 2.42. The van der Waals surface area contributed by atoms with E-state index in [2.05, 4.69) is 74.3 Å². The summed E-state index contributed by atoms with van der Waals surface area (Å²) in [4.78, 5) is 11.7. The second-order valence-corrected chi connectivity index (χ2v) is 8.13. The lowest BCUT2D eigenvalue weighted by Gasteiger charge is -2.29. The van der Waals surface area contributed by atoms with Gasteiger partial charge in [0.05, 0.1) is 0 Å². The van der Waals surface area contributed by atoms with Crippen LogP contribution < -0.4 is 4.90 Å². The summed E-state index contributed by atoms with van der Waals surface area (Å²) in [6.45, 7) is 17.5. The lowest BCUT2D eigenvalue weighted by molar-refractivity contribution is 0.527. The van der Waals surface area contributed by atoms with Gasteiger partial charge in [0.2, 0.25) is 0 Å². The van der Waals surface area contributed by atoms with Crippen LogP contribution in [0.25, 0.3) is 0 Å². The lowest BCUT2D eigenvalue weighted by Crippen LogP contribution is -2.33. The molecule has 1 heterocycles. The molecule has 0 atom stereocenters. The summed E-state index contributed by atoms with van der Waals surface area (Å²) >= 11 is 3.53. The maximum absolute atomic E-state index is 4.80. The Balaban J connectivity index is 3.15. The zero-order chi connectivity index (χ0) is 15.5. The third-order valence-corrected chi connectivity index (χ3v) is 3.25. The number of aromatic nitrogens is 2. The van der Waals surface area contributed by atoms with Crippen molar-refractivity contribution in [2.24, 2.45) is 11.8 Å². The third-order valence-electron chi connectivity index (χ3n) is 2.85. The zero-order valence-corrected chi connectivity index (χ0v) is 15.5. The van der Waals surface area contributed by atoms with Gasteiger partial charge in [-0.3, -0.25) is 0 Å². The first-order valence-electron chi connectivity index (χ1n) is 7.39. The molecule has 4 heteroatoms. The van der Waals surface area contributed by atoms with E-state index in [0.717, 1.165) is 29.3 Å². The van der Waals surface area contributed by atoms with Crippen molar-refractivity contribution < 1.29 is 0 Å². The summed E-state index contributed by atoms with van der Waals surface area (Å²) in [6.07, 6.45) is 0. The molecule has 0 aliphatic rings. The van der Waals surface area contributed by atoms with Gasteiger partial charge < -0.3 is 4.90 Å². The number of halogens is 1. The Kier molecular flexibility index (Phi) is 5.99. The van der Waals surface area contributed by atoms with Crippen LogP contribution in [-0.2, 0) is 5.41 Å². The van der Waals surface area contributed by atoms with Crippen LogP contribution in [0.1, 0.15) is 54.3 Å². The predicted octanol–water partition coefficient (Wildman–Crippen LogP) is 4.66. The van der Waals surface area contributed by atoms with Crippen LogP contribution in [0.2, 0.25) is 0 Å². The van der Waals surface area contributed by atoms with Crippen molar-refractivity contribution in [2.75, 3.05) is 18.0 Å². The van der Waals surface area contributed by atoms with Crippen molar-refractivity contribution in [3.63, 3.8) is 0 Å². The molecule has 1 rings (SSSR count). The Morgan fingerprint density at radius 2 is 1.55 bits per heavy atom. The minimum Gasteiger partial charge on any atom is -0.356 e. The molecule has 0 N–H and O–H groups in total. The average molecular weight is 342 g/mol. The Morgan fingerprint density at radius 3 is 1.95 bits per heavy atom. The Hall–Kier alpha value is -0.640. The molecule has 0 spiro atoms. The summed E-state index contributed by atoms with van der Waals surface area (Å²) in [6, 6.07) is 2.03. The zero-order valence-electron chi connectivity index (χ0n) is 13.9. The van der Waals surface area contributed by atoms with Crippen molar-refractivity contribution in [2.45, 2.75) is 53.9 Å². The van der Waals surface area contributed by atoms with E-state index in [0.29, 0.717) is 11.8 Å². The van der Waals surface area contributed by atoms with Crippen molar-refractivity contribution >= 4 is 21.7 Å². The normalized spacial score (nSPS) is 12.3. The first-order valence-corrected chi connectivity index (χ1v) is 8.19. The van der Waals surface area contributed by atoms with Crippen LogP contribution in [0.3, 0.4) is 0 Å². The van der Waals surface area contributed by atoms with Crippen LogP contribution in [0.5, 0.6) is 0 Å². The minimum atomic E-state index is -0.0418.